The largest absolute Gasteiger partial charge is 0.485 e. The summed E-state index contributed by atoms with van der Waals surface area (Å²) in [5, 5.41) is 0.914. The molecular formula is C17H19N3O4S. The normalized spacial score (nSPS) is 15.5. The predicted octanol–water partition coefficient (Wildman–Crippen LogP) is 2.01. The van der Waals surface area contributed by atoms with Gasteiger partial charge in [-0.15, -0.1) is 11.3 Å². The summed E-state index contributed by atoms with van der Waals surface area (Å²) in [5.74, 6) is 0.240. The molecule has 1 aliphatic heterocycles. The zero-order valence-corrected chi connectivity index (χ0v) is 14.8. The maximum atomic E-state index is 12.2. The molecule has 25 heavy (non-hydrogen) atoms. The molecule has 0 spiro atoms. The van der Waals surface area contributed by atoms with Crippen LogP contribution in [0.15, 0.2) is 24.3 Å². The number of aryl methyl sites for hydroxylation is 2. The minimum atomic E-state index is -0.826. The van der Waals surface area contributed by atoms with Crippen molar-refractivity contribution >= 4 is 23.2 Å². The Hall–Kier alpha value is -2.61. The van der Waals surface area contributed by atoms with Crippen molar-refractivity contribution in [3.8, 4) is 11.5 Å². The first-order valence-electron chi connectivity index (χ1n) is 8.03. The summed E-state index contributed by atoms with van der Waals surface area (Å²) in [4.78, 5) is 29.3. The monoisotopic (exact) mass is 361 g/mol. The Labute approximate surface area is 149 Å². The molecule has 0 bridgehead atoms. The number of carbonyl (C=O) groups excluding carboxylic acids is 2. The zero-order valence-electron chi connectivity index (χ0n) is 14.0. The van der Waals surface area contributed by atoms with Gasteiger partial charge in [-0.25, -0.2) is 4.98 Å². The van der Waals surface area contributed by atoms with Crippen LogP contribution in [0.2, 0.25) is 0 Å². The topological polar surface area (TPSA) is 89.6 Å². The maximum absolute atomic E-state index is 12.2. The molecule has 1 unspecified atom stereocenters. The number of hydrogen-bond acceptors (Lipinski definition) is 6. The summed E-state index contributed by atoms with van der Waals surface area (Å²) < 4.78 is 11.1. The molecule has 1 aromatic heterocycles. The predicted molar refractivity (Wildman–Crippen MR) is 92.8 cm³/mol. The molecule has 132 valence electrons. The maximum Gasteiger partial charge on any atom is 0.283 e. The quantitative estimate of drug-likeness (QED) is 0.813. The van der Waals surface area contributed by atoms with Crippen LogP contribution in [0.5, 0.6) is 11.5 Å². The van der Waals surface area contributed by atoms with Crippen LogP contribution < -0.4 is 20.3 Å². The highest BCUT2D eigenvalue weighted by atomic mass is 32.1. The van der Waals surface area contributed by atoms with E-state index in [1.807, 2.05) is 6.07 Å². The van der Waals surface area contributed by atoms with Crippen LogP contribution >= 0.6 is 11.3 Å². The fourth-order valence-electron chi connectivity index (χ4n) is 2.39. The lowest BCUT2D eigenvalue weighted by Gasteiger charge is -2.25. The molecule has 0 aliphatic carbocycles. The molecule has 0 radical (unpaired) electrons. The molecule has 1 atom stereocenters. The lowest BCUT2D eigenvalue weighted by Crippen LogP contribution is -2.50. The van der Waals surface area contributed by atoms with Gasteiger partial charge < -0.3 is 9.47 Å². The number of carbonyl (C=O) groups is 2. The second-order valence-electron chi connectivity index (χ2n) is 5.58. The number of nitrogens with zero attached hydrogens (tertiary/aromatic N) is 1. The smallest absolute Gasteiger partial charge is 0.283 e. The van der Waals surface area contributed by atoms with E-state index in [-0.39, 0.29) is 12.5 Å². The van der Waals surface area contributed by atoms with Crippen molar-refractivity contribution in [2.24, 2.45) is 0 Å². The Morgan fingerprint density at radius 1 is 1.28 bits per heavy atom. The van der Waals surface area contributed by atoms with E-state index in [0.29, 0.717) is 22.1 Å². The molecule has 7 nitrogen and oxygen atoms in total. The summed E-state index contributed by atoms with van der Waals surface area (Å²) in [6.07, 6.45) is 0.969. The summed E-state index contributed by atoms with van der Waals surface area (Å²) in [7, 11) is 0. The molecular weight excluding hydrogens is 342 g/mol. The van der Waals surface area contributed by atoms with Crippen molar-refractivity contribution in [3.63, 3.8) is 0 Å². The number of benzene rings is 1. The minimum Gasteiger partial charge on any atom is -0.485 e. The average Bonchev–Trinajstić information content (AvgIpc) is 2.99. The van der Waals surface area contributed by atoms with Gasteiger partial charge in [0.2, 0.25) is 6.10 Å². The van der Waals surface area contributed by atoms with Gasteiger partial charge in [0.05, 0.1) is 10.7 Å². The fraction of sp³-hybridized carbons (Fsp3) is 0.353. The minimum absolute atomic E-state index is 0.0823. The Morgan fingerprint density at radius 3 is 2.80 bits per heavy atom. The molecule has 0 fully saturated rings. The van der Waals surface area contributed by atoms with Crippen molar-refractivity contribution in [2.75, 3.05) is 6.61 Å². The zero-order chi connectivity index (χ0) is 17.8. The van der Waals surface area contributed by atoms with Gasteiger partial charge in [-0.05, 0) is 31.9 Å². The molecule has 8 heteroatoms. The lowest BCUT2D eigenvalue weighted by molar-refractivity contribution is -0.131. The Kier molecular flexibility index (Phi) is 5.18. The van der Waals surface area contributed by atoms with E-state index in [4.69, 9.17) is 9.47 Å². The highest BCUT2D eigenvalue weighted by Crippen LogP contribution is 2.30. The number of amides is 2. The first-order valence-corrected chi connectivity index (χ1v) is 8.85. The van der Waals surface area contributed by atoms with Crippen molar-refractivity contribution < 1.29 is 19.1 Å². The van der Waals surface area contributed by atoms with E-state index < -0.39 is 12.0 Å². The van der Waals surface area contributed by atoms with Crippen LogP contribution in [-0.4, -0.2) is 29.5 Å². The second-order valence-corrected chi connectivity index (χ2v) is 6.66. The van der Waals surface area contributed by atoms with Gasteiger partial charge in [0, 0.05) is 0 Å². The van der Waals surface area contributed by atoms with E-state index in [1.165, 1.54) is 11.3 Å². The molecule has 2 heterocycles. The van der Waals surface area contributed by atoms with Crippen molar-refractivity contribution in [1.29, 1.82) is 0 Å². The molecule has 0 saturated heterocycles. The number of hydrazine groups is 1. The Bertz CT molecular complexity index is 790. The number of hydrogen-bond donors (Lipinski definition) is 2. The van der Waals surface area contributed by atoms with E-state index in [1.54, 1.807) is 25.1 Å². The van der Waals surface area contributed by atoms with Crippen LogP contribution in [0.1, 0.15) is 33.7 Å². The van der Waals surface area contributed by atoms with Gasteiger partial charge in [-0.1, -0.05) is 19.1 Å². The second kappa shape index (κ2) is 7.52. The lowest BCUT2D eigenvalue weighted by atomic mass is 10.2. The number of fused-ring (bicyclic) bond motifs is 1. The molecule has 3 rings (SSSR count). The average molecular weight is 361 g/mol. The summed E-state index contributed by atoms with van der Waals surface area (Å²) >= 11 is 1.34. The van der Waals surface area contributed by atoms with Crippen LogP contribution in [0, 0.1) is 6.92 Å². The standard InChI is InChI=1S/C17H19N3O4S/c1-3-6-14-18-10(2)15(25-14)17(22)20-19-16(21)13-9-23-11-7-4-5-8-12(11)24-13/h4-5,7-8,13H,3,6,9H2,1-2H3,(H,19,21)(H,20,22). The van der Waals surface area contributed by atoms with Gasteiger partial charge in [-0.3, -0.25) is 20.4 Å². The van der Waals surface area contributed by atoms with Crippen LogP contribution in [-0.2, 0) is 11.2 Å². The third-order valence-corrected chi connectivity index (χ3v) is 4.83. The summed E-state index contributed by atoms with van der Waals surface area (Å²) in [5.41, 5.74) is 5.46. The third kappa shape index (κ3) is 3.90. The molecule has 2 aromatic rings. The van der Waals surface area contributed by atoms with E-state index >= 15 is 0 Å². The van der Waals surface area contributed by atoms with Crippen molar-refractivity contribution in [2.45, 2.75) is 32.8 Å². The first-order chi connectivity index (χ1) is 12.1. The number of rotatable bonds is 4. The van der Waals surface area contributed by atoms with Crippen LogP contribution in [0.4, 0.5) is 0 Å². The van der Waals surface area contributed by atoms with Gasteiger partial charge >= 0.3 is 0 Å². The highest BCUT2D eigenvalue weighted by Gasteiger charge is 2.28. The van der Waals surface area contributed by atoms with E-state index in [2.05, 4.69) is 22.8 Å². The molecule has 2 N–H and O–H groups in total. The first kappa shape index (κ1) is 17.2. The molecule has 2 amide bonds. The summed E-state index contributed by atoms with van der Waals surface area (Å²) in [6.45, 7) is 3.92. The van der Waals surface area contributed by atoms with Gasteiger partial charge in [0.1, 0.15) is 11.5 Å². The van der Waals surface area contributed by atoms with E-state index in [9.17, 15) is 9.59 Å². The molecule has 1 aromatic carbocycles. The van der Waals surface area contributed by atoms with Gasteiger partial charge in [0.25, 0.3) is 11.8 Å². The van der Waals surface area contributed by atoms with Crippen LogP contribution in [0.3, 0.4) is 0 Å². The molecule has 0 saturated carbocycles. The van der Waals surface area contributed by atoms with Crippen LogP contribution in [0.25, 0.3) is 0 Å². The van der Waals surface area contributed by atoms with Crippen molar-refractivity contribution in [1.82, 2.24) is 15.8 Å². The Morgan fingerprint density at radius 2 is 2.04 bits per heavy atom. The fourth-order valence-corrected chi connectivity index (χ4v) is 3.45. The summed E-state index contributed by atoms with van der Waals surface area (Å²) in [6, 6.07) is 7.12. The number of thiazole rings is 1. The number of para-hydroxylation sites is 2. The Balaban J connectivity index is 1.56. The van der Waals surface area contributed by atoms with Crippen molar-refractivity contribution in [3.05, 3.63) is 39.8 Å². The third-order valence-electron chi connectivity index (χ3n) is 3.61. The molecule has 1 aliphatic rings. The van der Waals surface area contributed by atoms with Gasteiger partial charge in [0.15, 0.2) is 11.5 Å². The van der Waals surface area contributed by atoms with Gasteiger partial charge in [-0.2, -0.15) is 0 Å². The van der Waals surface area contributed by atoms with E-state index in [0.717, 1.165) is 17.8 Å². The SMILES string of the molecule is CCCc1nc(C)c(C(=O)NNC(=O)C2COc3ccccc3O2)s1. The number of ether oxygens (including phenoxy) is 2. The highest BCUT2D eigenvalue weighted by molar-refractivity contribution is 7.13. The number of aromatic nitrogens is 1. The number of nitrogens with one attached hydrogen (secondary N) is 2.